The van der Waals surface area contributed by atoms with Crippen molar-refractivity contribution in [1.29, 1.82) is 0 Å². The highest BCUT2D eigenvalue weighted by Crippen LogP contribution is 2.39. The summed E-state index contributed by atoms with van der Waals surface area (Å²) in [5.74, 6) is 2.08. The monoisotopic (exact) mass is 429 g/mol. The van der Waals surface area contributed by atoms with Gasteiger partial charge >= 0.3 is 0 Å². The largest absolute Gasteiger partial charge is 0.353 e. The van der Waals surface area contributed by atoms with E-state index in [1.165, 1.54) is 53.3 Å². The number of nitrogens with zero attached hydrogens (tertiary/aromatic N) is 4. The molecule has 3 heterocycles. The summed E-state index contributed by atoms with van der Waals surface area (Å²) in [6.07, 6.45) is 9.39. The van der Waals surface area contributed by atoms with E-state index in [1.54, 1.807) is 0 Å². The van der Waals surface area contributed by atoms with E-state index < -0.39 is 0 Å². The van der Waals surface area contributed by atoms with Crippen molar-refractivity contribution in [2.75, 3.05) is 5.75 Å². The van der Waals surface area contributed by atoms with Crippen LogP contribution in [0.4, 0.5) is 0 Å². The molecule has 1 amide bonds. The molecule has 0 spiro atoms. The number of amides is 1. The normalized spacial score (nSPS) is 20.3. The van der Waals surface area contributed by atoms with Gasteiger partial charge in [0.25, 0.3) is 0 Å². The zero-order valence-corrected chi connectivity index (χ0v) is 18.7. The average molecular weight is 430 g/mol. The van der Waals surface area contributed by atoms with Gasteiger partial charge in [-0.25, -0.2) is 4.98 Å². The first kappa shape index (κ1) is 19.3. The van der Waals surface area contributed by atoms with Crippen molar-refractivity contribution in [3.05, 3.63) is 16.3 Å². The molecular weight excluding hydrogens is 402 g/mol. The summed E-state index contributed by atoms with van der Waals surface area (Å²) in [4.78, 5) is 19.8. The average Bonchev–Trinajstić information content (AvgIpc) is 3.28. The number of rotatable bonds is 4. The lowest BCUT2D eigenvalue weighted by molar-refractivity contribution is -0.119. The van der Waals surface area contributed by atoms with Crippen LogP contribution in [-0.2, 0) is 17.6 Å². The molecule has 29 heavy (non-hydrogen) atoms. The molecule has 0 unspecified atom stereocenters. The Kier molecular flexibility index (Phi) is 5.24. The quantitative estimate of drug-likeness (QED) is 0.626. The van der Waals surface area contributed by atoms with Gasteiger partial charge in [-0.05, 0) is 50.5 Å². The number of nitrogens with one attached hydrogen (secondary N) is 1. The van der Waals surface area contributed by atoms with Crippen LogP contribution < -0.4 is 5.32 Å². The molecule has 0 aliphatic heterocycles. The maximum atomic E-state index is 12.4. The molecule has 6 nitrogen and oxygen atoms in total. The maximum absolute atomic E-state index is 12.4. The Balaban J connectivity index is 1.40. The molecule has 3 aromatic heterocycles. The number of fused-ring (bicyclic) bond motifs is 5. The molecule has 2 aliphatic rings. The Hall–Kier alpha value is -1.67. The molecular formula is C21H27N5OS2. The van der Waals surface area contributed by atoms with Gasteiger partial charge in [-0.2, -0.15) is 0 Å². The van der Waals surface area contributed by atoms with Gasteiger partial charge in [-0.3, -0.25) is 9.20 Å². The highest BCUT2D eigenvalue weighted by molar-refractivity contribution is 7.99. The van der Waals surface area contributed by atoms with Crippen molar-refractivity contribution in [2.45, 2.75) is 76.4 Å². The highest BCUT2D eigenvalue weighted by atomic mass is 32.2. The van der Waals surface area contributed by atoms with Crippen LogP contribution in [0.15, 0.2) is 5.16 Å². The van der Waals surface area contributed by atoms with Crippen molar-refractivity contribution in [1.82, 2.24) is 24.9 Å². The van der Waals surface area contributed by atoms with Crippen LogP contribution in [-0.4, -0.2) is 37.3 Å². The Morgan fingerprint density at radius 3 is 2.90 bits per heavy atom. The Morgan fingerprint density at radius 2 is 2.07 bits per heavy atom. The molecule has 1 saturated carbocycles. The molecule has 8 heteroatoms. The van der Waals surface area contributed by atoms with E-state index in [-0.39, 0.29) is 5.91 Å². The summed E-state index contributed by atoms with van der Waals surface area (Å²) in [5.41, 5.74) is 2.31. The minimum absolute atomic E-state index is 0.0900. The van der Waals surface area contributed by atoms with Gasteiger partial charge in [-0.1, -0.05) is 37.9 Å². The molecule has 0 bridgehead atoms. The standard InChI is InChI=1S/C21H27N5OS2/c1-12-8-9-15-16(10-12)29-20-18(15)19-24-25-21(26(19)13(2)22-20)28-11-17(27)23-14-6-4-3-5-7-14/h12,14H,3-11H2,1-2H3,(H,23,27)/t12-/m0/s1. The molecule has 3 aromatic rings. The van der Waals surface area contributed by atoms with Gasteiger partial charge in [0.1, 0.15) is 10.7 Å². The van der Waals surface area contributed by atoms with Crippen molar-refractivity contribution < 1.29 is 4.79 Å². The second kappa shape index (κ2) is 7.87. The number of hydrogen-bond donors (Lipinski definition) is 1. The first-order valence-corrected chi connectivity index (χ1v) is 12.5. The summed E-state index contributed by atoms with van der Waals surface area (Å²) >= 11 is 3.27. The van der Waals surface area contributed by atoms with Crippen LogP contribution in [0.2, 0.25) is 0 Å². The van der Waals surface area contributed by atoms with Crippen molar-refractivity contribution >= 4 is 44.9 Å². The lowest BCUT2D eigenvalue weighted by Crippen LogP contribution is -2.37. The zero-order valence-electron chi connectivity index (χ0n) is 17.0. The predicted octanol–water partition coefficient (Wildman–Crippen LogP) is 4.31. The molecule has 1 N–H and O–H groups in total. The SMILES string of the molecule is Cc1nc2sc3c(c2c2nnc(SCC(=O)NC4CCCCC4)n12)CC[C@H](C)C3. The van der Waals surface area contributed by atoms with Crippen LogP contribution in [0.25, 0.3) is 15.9 Å². The fourth-order valence-electron chi connectivity index (χ4n) is 4.71. The minimum atomic E-state index is 0.0900. The van der Waals surface area contributed by atoms with Gasteiger partial charge < -0.3 is 5.32 Å². The first-order valence-electron chi connectivity index (χ1n) is 10.7. The molecule has 1 atom stereocenters. The van der Waals surface area contributed by atoms with Gasteiger partial charge in [0.2, 0.25) is 5.91 Å². The number of aromatic nitrogens is 4. The van der Waals surface area contributed by atoms with E-state index in [9.17, 15) is 4.79 Å². The predicted molar refractivity (Wildman–Crippen MR) is 118 cm³/mol. The van der Waals surface area contributed by atoms with Crippen LogP contribution in [0, 0.1) is 12.8 Å². The third-order valence-corrected chi connectivity index (χ3v) is 8.32. The topological polar surface area (TPSA) is 72.2 Å². The van der Waals surface area contributed by atoms with Crippen LogP contribution in [0.1, 0.15) is 61.7 Å². The van der Waals surface area contributed by atoms with Crippen LogP contribution in [0.5, 0.6) is 0 Å². The molecule has 2 aliphatic carbocycles. The number of thiophene rings is 1. The number of carbonyl (C=O) groups is 1. The molecule has 0 radical (unpaired) electrons. The molecule has 154 valence electrons. The second-order valence-electron chi connectivity index (χ2n) is 8.52. The maximum Gasteiger partial charge on any atom is 0.230 e. The van der Waals surface area contributed by atoms with Crippen LogP contribution >= 0.6 is 23.1 Å². The van der Waals surface area contributed by atoms with E-state index in [1.807, 2.05) is 22.7 Å². The van der Waals surface area contributed by atoms with Gasteiger partial charge in [0.05, 0.1) is 11.1 Å². The summed E-state index contributed by atoms with van der Waals surface area (Å²) in [5, 5.41) is 14.1. The van der Waals surface area contributed by atoms with E-state index in [0.717, 1.165) is 53.1 Å². The van der Waals surface area contributed by atoms with Gasteiger partial charge in [-0.15, -0.1) is 21.5 Å². The molecule has 5 rings (SSSR count). The molecule has 0 saturated heterocycles. The van der Waals surface area contributed by atoms with Crippen molar-refractivity contribution in [3.63, 3.8) is 0 Å². The fraction of sp³-hybridized carbons (Fsp3) is 0.619. The van der Waals surface area contributed by atoms with Crippen LogP contribution in [0.3, 0.4) is 0 Å². The fourth-order valence-corrected chi connectivity index (χ4v) is 6.92. The lowest BCUT2D eigenvalue weighted by Gasteiger charge is -2.22. The lowest BCUT2D eigenvalue weighted by atomic mass is 9.89. The van der Waals surface area contributed by atoms with E-state index in [4.69, 9.17) is 4.98 Å². The minimum Gasteiger partial charge on any atom is -0.353 e. The van der Waals surface area contributed by atoms with E-state index in [2.05, 4.69) is 22.4 Å². The van der Waals surface area contributed by atoms with Crippen molar-refractivity contribution in [3.8, 4) is 0 Å². The summed E-state index contributed by atoms with van der Waals surface area (Å²) < 4.78 is 2.03. The Labute approximate surface area is 178 Å². The van der Waals surface area contributed by atoms with E-state index >= 15 is 0 Å². The number of carbonyl (C=O) groups excluding carboxylic acids is 1. The molecule has 1 fully saturated rings. The number of hydrogen-bond acceptors (Lipinski definition) is 6. The van der Waals surface area contributed by atoms with Gasteiger partial charge in [0, 0.05) is 10.9 Å². The molecule has 0 aromatic carbocycles. The third-order valence-electron chi connectivity index (χ3n) is 6.24. The second-order valence-corrected chi connectivity index (χ2v) is 10.5. The van der Waals surface area contributed by atoms with E-state index in [0.29, 0.717) is 11.8 Å². The van der Waals surface area contributed by atoms with Crippen molar-refractivity contribution in [2.24, 2.45) is 5.92 Å². The Morgan fingerprint density at radius 1 is 1.24 bits per heavy atom. The third kappa shape index (κ3) is 3.65. The summed E-state index contributed by atoms with van der Waals surface area (Å²) in [6, 6.07) is 0.342. The van der Waals surface area contributed by atoms with Gasteiger partial charge in [0.15, 0.2) is 10.8 Å². The summed E-state index contributed by atoms with van der Waals surface area (Å²) in [7, 11) is 0. The summed E-state index contributed by atoms with van der Waals surface area (Å²) in [6.45, 7) is 4.33. The zero-order chi connectivity index (χ0) is 20.0. The number of aryl methyl sites for hydroxylation is 2. The Bertz CT molecular complexity index is 1070. The highest BCUT2D eigenvalue weighted by Gasteiger charge is 2.25. The first-order chi connectivity index (χ1) is 14.1. The smallest absolute Gasteiger partial charge is 0.230 e. The number of thioether (sulfide) groups is 1.